The van der Waals surface area contributed by atoms with Crippen LogP contribution in [0, 0.1) is 5.41 Å². The molecule has 0 aliphatic rings. The monoisotopic (exact) mass is 387 g/mol. The van der Waals surface area contributed by atoms with E-state index in [1.807, 2.05) is 0 Å². The Labute approximate surface area is 165 Å². The second-order valence-corrected chi connectivity index (χ2v) is 7.99. The predicted molar refractivity (Wildman–Crippen MR) is 107 cm³/mol. The Morgan fingerprint density at radius 2 is 1.48 bits per heavy atom. The smallest absolute Gasteiger partial charge is 0.307 e. The highest BCUT2D eigenvalue weighted by Crippen LogP contribution is 2.19. The quantitative estimate of drug-likeness (QED) is 0.263. The summed E-state index contributed by atoms with van der Waals surface area (Å²) in [6.45, 7) is 5.66. The van der Waals surface area contributed by atoms with Crippen LogP contribution in [0.3, 0.4) is 0 Å². The molecule has 6 nitrogen and oxygen atoms in total. The van der Waals surface area contributed by atoms with Crippen LogP contribution in [0.5, 0.6) is 0 Å². The van der Waals surface area contributed by atoms with Gasteiger partial charge in [-0.15, -0.1) is 0 Å². The van der Waals surface area contributed by atoms with Crippen LogP contribution in [-0.2, 0) is 14.3 Å². The van der Waals surface area contributed by atoms with Crippen molar-refractivity contribution in [2.24, 2.45) is 5.41 Å². The summed E-state index contributed by atoms with van der Waals surface area (Å²) in [4.78, 5) is 23.4. The second-order valence-electron chi connectivity index (χ2n) is 7.99. The van der Waals surface area contributed by atoms with Gasteiger partial charge in [-0.1, -0.05) is 78.6 Å². The minimum Gasteiger partial charge on any atom is -0.466 e. The van der Waals surface area contributed by atoms with Crippen LogP contribution in [0.15, 0.2) is 0 Å². The topological polar surface area (TPSA) is 95.9 Å². The first-order chi connectivity index (χ1) is 12.8. The van der Waals surface area contributed by atoms with Crippen molar-refractivity contribution in [1.82, 2.24) is 5.32 Å². The Kier molecular flexibility index (Phi) is 15.2. The van der Waals surface area contributed by atoms with Gasteiger partial charge in [-0.2, -0.15) is 0 Å². The fourth-order valence-corrected chi connectivity index (χ4v) is 2.67. The van der Waals surface area contributed by atoms with Gasteiger partial charge in [0.2, 0.25) is 5.91 Å². The lowest BCUT2D eigenvalue weighted by molar-refractivity contribution is -0.144. The first-order valence-corrected chi connectivity index (χ1v) is 10.6. The van der Waals surface area contributed by atoms with E-state index in [0.717, 1.165) is 12.8 Å². The lowest BCUT2D eigenvalue weighted by atomic mass is 9.87. The summed E-state index contributed by atoms with van der Waals surface area (Å²) in [5.41, 5.74) is -0.917. The molecular formula is C21H41NO5. The third-order valence-corrected chi connectivity index (χ3v) is 4.79. The minimum atomic E-state index is -1.31. The number of hydrogen-bond acceptors (Lipinski definition) is 5. The molecule has 0 fully saturated rings. The molecule has 0 spiro atoms. The molecule has 0 heterocycles. The predicted octanol–water partition coefficient (Wildman–Crippen LogP) is 3.34. The Morgan fingerprint density at radius 3 is 2.00 bits per heavy atom. The highest BCUT2D eigenvalue weighted by molar-refractivity contribution is 5.81. The van der Waals surface area contributed by atoms with Crippen LogP contribution in [0.25, 0.3) is 0 Å². The Balaban J connectivity index is 3.53. The van der Waals surface area contributed by atoms with E-state index in [4.69, 9.17) is 9.84 Å². The summed E-state index contributed by atoms with van der Waals surface area (Å²) in [5.74, 6) is -0.932. The molecule has 0 aromatic heterocycles. The standard InChI is InChI=1S/C21H41NO5/c1-4-5-6-7-8-9-10-11-12-13-16-27-18(24)14-15-22-20(26)19(25)21(2,3)17-23/h19,23,25H,4-17H2,1-3H3,(H,22,26). The summed E-state index contributed by atoms with van der Waals surface area (Å²) in [6.07, 6.45) is 11.1. The lowest BCUT2D eigenvalue weighted by Crippen LogP contribution is -2.46. The van der Waals surface area contributed by atoms with Crippen molar-refractivity contribution in [3.63, 3.8) is 0 Å². The first-order valence-electron chi connectivity index (χ1n) is 10.6. The van der Waals surface area contributed by atoms with Crippen molar-refractivity contribution >= 4 is 11.9 Å². The molecule has 1 unspecified atom stereocenters. The number of nitrogens with one attached hydrogen (secondary N) is 1. The van der Waals surface area contributed by atoms with Gasteiger partial charge >= 0.3 is 5.97 Å². The third-order valence-electron chi connectivity index (χ3n) is 4.79. The zero-order valence-corrected chi connectivity index (χ0v) is 17.6. The first kappa shape index (κ1) is 25.9. The molecule has 1 amide bonds. The van der Waals surface area contributed by atoms with E-state index in [9.17, 15) is 14.7 Å². The van der Waals surface area contributed by atoms with Crippen LogP contribution in [-0.4, -0.2) is 48.0 Å². The van der Waals surface area contributed by atoms with Crippen molar-refractivity contribution in [3.8, 4) is 0 Å². The Morgan fingerprint density at radius 1 is 0.963 bits per heavy atom. The van der Waals surface area contributed by atoms with Gasteiger partial charge in [0.25, 0.3) is 0 Å². The number of ether oxygens (including phenoxy) is 1. The van der Waals surface area contributed by atoms with E-state index >= 15 is 0 Å². The highest BCUT2D eigenvalue weighted by Gasteiger charge is 2.32. The van der Waals surface area contributed by atoms with Gasteiger partial charge in [-0.3, -0.25) is 9.59 Å². The molecular weight excluding hydrogens is 346 g/mol. The van der Waals surface area contributed by atoms with E-state index in [-0.39, 0.29) is 25.5 Å². The van der Waals surface area contributed by atoms with Crippen LogP contribution in [0.2, 0.25) is 0 Å². The normalized spacial score (nSPS) is 12.6. The van der Waals surface area contributed by atoms with Crippen molar-refractivity contribution in [2.45, 2.75) is 97.5 Å². The molecule has 27 heavy (non-hydrogen) atoms. The number of rotatable bonds is 17. The zero-order chi connectivity index (χ0) is 20.5. The maximum absolute atomic E-state index is 11.8. The lowest BCUT2D eigenvalue weighted by Gasteiger charge is -2.27. The molecule has 0 aromatic carbocycles. The summed E-state index contributed by atoms with van der Waals surface area (Å²) in [5, 5.41) is 21.5. The number of hydrogen-bond donors (Lipinski definition) is 3. The number of carbonyl (C=O) groups is 2. The van der Waals surface area contributed by atoms with Crippen molar-refractivity contribution in [3.05, 3.63) is 0 Å². The van der Waals surface area contributed by atoms with E-state index in [1.165, 1.54) is 51.4 Å². The maximum atomic E-state index is 11.8. The maximum Gasteiger partial charge on any atom is 0.307 e. The van der Waals surface area contributed by atoms with Gasteiger partial charge < -0.3 is 20.3 Å². The van der Waals surface area contributed by atoms with E-state index in [0.29, 0.717) is 6.61 Å². The van der Waals surface area contributed by atoms with Crippen molar-refractivity contribution in [1.29, 1.82) is 0 Å². The Bertz CT molecular complexity index is 398. The van der Waals surface area contributed by atoms with Gasteiger partial charge in [-0.25, -0.2) is 0 Å². The largest absolute Gasteiger partial charge is 0.466 e. The SMILES string of the molecule is CCCCCCCCCCCCOC(=O)CCNC(=O)C(O)C(C)(C)CO. The van der Waals surface area contributed by atoms with Gasteiger partial charge in [0, 0.05) is 12.0 Å². The van der Waals surface area contributed by atoms with Gasteiger partial charge in [-0.05, 0) is 6.42 Å². The fourth-order valence-electron chi connectivity index (χ4n) is 2.67. The molecule has 6 heteroatoms. The van der Waals surface area contributed by atoms with Crippen LogP contribution in [0.4, 0.5) is 0 Å². The molecule has 0 rings (SSSR count). The van der Waals surface area contributed by atoms with E-state index in [2.05, 4.69) is 12.2 Å². The molecule has 3 N–H and O–H groups in total. The zero-order valence-electron chi connectivity index (χ0n) is 17.6. The molecule has 0 aliphatic carbocycles. The molecule has 0 aliphatic heterocycles. The molecule has 0 radical (unpaired) electrons. The summed E-state index contributed by atoms with van der Waals surface area (Å²) < 4.78 is 5.15. The average molecular weight is 388 g/mol. The highest BCUT2D eigenvalue weighted by atomic mass is 16.5. The number of aliphatic hydroxyl groups is 2. The molecule has 0 saturated heterocycles. The molecule has 0 bridgehead atoms. The molecule has 1 atom stereocenters. The Hall–Kier alpha value is -1.14. The number of aliphatic hydroxyl groups excluding tert-OH is 2. The van der Waals surface area contributed by atoms with Gasteiger partial charge in [0.15, 0.2) is 0 Å². The summed E-state index contributed by atoms with van der Waals surface area (Å²) in [7, 11) is 0. The second kappa shape index (κ2) is 15.9. The van der Waals surface area contributed by atoms with Crippen LogP contribution >= 0.6 is 0 Å². The number of carbonyl (C=O) groups excluding carboxylic acids is 2. The molecule has 0 saturated carbocycles. The number of unbranched alkanes of at least 4 members (excludes halogenated alkanes) is 9. The van der Waals surface area contributed by atoms with Crippen LogP contribution in [0.1, 0.15) is 91.4 Å². The minimum absolute atomic E-state index is 0.0791. The molecule has 160 valence electrons. The van der Waals surface area contributed by atoms with Gasteiger partial charge in [0.05, 0.1) is 19.6 Å². The number of amides is 1. The summed E-state index contributed by atoms with van der Waals surface area (Å²) in [6, 6.07) is 0. The van der Waals surface area contributed by atoms with E-state index in [1.54, 1.807) is 13.8 Å². The third kappa shape index (κ3) is 13.6. The molecule has 0 aromatic rings. The average Bonchev–Trinajstić information content (AvgIpc) is 2.65. The van der Waals surface area contributed by atoms with E-state index < -0.39 is 17.4 Å². The summed E-state index contributed by atoms with van der Waals surface area (Å²) >= 11 is 0. The fraction of sp³-hybridized carbons (Fsp3) is 0.905. The van der Waals surface area contributed by atoms with Gasteiger partial charge in [0.1, 0.15) is 6.10 Å². The number of esters is 1. The van der Waals surface area contributed by atoms with Crippen molar-refractivity contribution in [2.75, 3.05) is 19.8 Å². The van der Waals surface area contributed by atoms with Crippen molar-refractivity contribution < 1.29 is 24.5 Å². The van der Waals surface area contributed by atoms with Crippen LogP contribution < -0.4 is 5.32 Å².